The first-order valence-corrected chi connectivity index (χ1v) is 9.22. The van der Waals surface area contributed by atoms with Crippen LogP contribution in [0.5, 0.6) is 0 Å². The molecule has 2 aromatic rings. The molecule has 0 aromatic carbocycles. The van der Waals surface area contributed by atoms with Gasteiger partial charge in [0.15, 0.2) is 5.65 Å². The molecule has 0 spiro atoms. The lowest BCUT2D eigenvalue weighted by molar-refractivity contribution is 0.0699. The van der Waals surface area contributed by atoms with Gasteiger partial charge in [0, 0.05) is 30.7 Å². The number of pyridine rings is 1. The van der Waals surface area contributed by atoms with Crippen LogP contribution in [0.3, 0.4) is 0 Å². The SMILES string of the molecule is CC1CCN(C(=O)c2cc(C3CC3)nc3c2cnn3C(C)C)CC1. The van der Waals surface area contributed by atoms with Gasteiger partial charge in [-0.15, -0.1) is 0 Å². The minimum atomic E-state index is 0.152. The van der Waals surface area contributed by atoms with Crippen LogP contribution in [0, 0.1) is 5.92 Å². The molecule has 3 heterocycles. The van der Waals surface area contributed by atoms with Crippen molar-refractivity contribution in [2.75, 3.05) is 13.1 Å². The summed E-state index contributed by atoms with van der Waals surface area (Å²) in [7, 11) is 0. The summed E-state index contributed by atoms with van der Waals surface area (Å²) >= 11 is 0. The monoisotopic (exact) mass is 326 g/mol. The van der Waals surface area contributed by atoms with Crippen LogP contribution in [0.25, 0.3) is 11.0 Å². The van der Waals surface area contributed by atoms with Gasteiger partial charge in [-0.2, -0.15) is 5.10 Å². The summed E-state index contributed by atoms with van der Waals surface area (Å²) in [5.41, 5.74) is 2.73. The van der Waals surface area contributed by atoms with Crippen molar-refractivity contribution < 1.29 is 4.79 Å². The van der Waals surface area contributed by atoms with E-state index in [9.17, 15) is 4.79 Å². The zero-order valence-electron chi connectivity index (χ0n) is 14.8. The van der Waals surface area contributed by atoms with Crippen LogP contribution in [0.4, 0.5) is 0 Å². The van der Waals surface area contributed by atoms with E-state index in [1.54, 1.807) is 0 Å². The summed E-state index contributed by atoms with van der Waals surface area (Å²) in [5.74, 6) is 1.40. The van der Waals surface area contributed by atoms with Crippen molar-refractivity contribution in [3.05, 3.63) is 23.5 Å². The molecule has 2 aromatic heterocycles. The second-order valence-corrected chi connectivity index (χ2v) is 7.76. The number of amides is 1. The standard InChI is InChI=1S/C19H26N4O/c1-12(2)23-18-16(11-20-23)15(10-17(21-18)14-4-5-14)19(24)22-8-6-13(3)7-9-22/h10-14H,4-9H2,1-3H3. The maximum absolute atomic E-state index is 13.2. The van der Waals surface area contributed by atoms with Crippen molar-refractivity contribution in [1.82, 2.24) is 19.7 Å². The highest BCUT2D eigenvalue weighted by molar-refractivity contribution is 6.05. The van der Waals surface area contributed by atoms with Crippen molar-refractivity contribution in [2.45, 2.75) is 58.4 Å². The Morgan fingerprint density at radius 3 is 2.54 bits per heavy atom. The van der Waals surface area contributed by atoms with Gasteiger partial charge in [0.05, 0.1) is 17.1 Å². The van der Waals surface area contributed by atoms with Crippen LogP contribution in [0.15, 0.2) is 12.3 Å². The highest BCUT2D eigenvalue weighted by Gasteiger charge is 2.30. The Morgan fingerprint density at radius 1 is 1.21 bits per heavy atom. The maximum atomic E-state index is 13.2. The van der Waals surface area contributed by atoms with Gasteiger partial charge in [0.1, 0.15) is 0 Å². The number of nitrogens with zero attached hydrogens (tertiary/aromatic N) is 4. The Hall–Kier alpha value is -1.91. The lowest BCUT2D eigenvalue weighted by Crippen LogP contribution is -2.38. The van der Waals surface area contributed by atoms with Gasteiger partial charge in [-0.05, 0) is 51.5 Å². The summed E-state index contributed by atoms with van der Waals surface area (Å²) in [6.45, 7) is 8.20. The highest BCUT2D eigenvalue weighted by atomic mass is 16.2. The third-order valence-corrected chi connectivity index (χ3v) is 5.37. The Labute approximate surface area is 143 Å². The van der Waals surface area contributed by atoms with Crippen molar-refractivity contribution >= 4 is 16.9 Å². The number of fused-ring (bicyclic) bond motifs is 1. The van der Waals surface area contributed by atoms with Gasteiger partial charge in [0.25, 0.3) is 5.91 Å². The van der Waals surface area contributed by atoms with Crippen molar-refractivity contribution in [1.29, 1.82) is 0 Å². The average Bonchev–Trinajstić information content (AvgIpc) is 3.33. The third kappa shape index (κ3) is 2.70. The summed E-state index contributed by atoms with van der Waals surface area (Å²) in [5, 5.41) is 5.40. The van der Waals surface area contributed by atoms with Crippen LogP contribution < -0.4 is 0 Å². The molecule has 5 heteroatoms. The molecule has 1 aliphatic heterocycles. The normalized spacial score (nSPS) is 19.4. The molecule has 0 radical (unpaired) electrons. The number of hydrogen-bond acceptors (Lipinski definition) is 3. The topological polar surface area (TPSA) is 51.0 Å². The molecule has 1 amide bonds. The Morgan fingerprint density at radius 2 is 1.92 bits per heavy atom. The lowest BCUT2D eigenvalue weighted by atomic mass is 9.98. The van der Waals surface area contributed by atoms with E-state index in [0.29, 0.717) is 5.92 Å². The molecule has 1 saturated carbocycles. The summed E-state index contributed by atoms with van der Waals surface area (Å²) in [6.07, 6.45) is 6.38. The number of likely N-dealkylation sites (tertiary alicyclic amines) is 1. The van der Waals surface area contributed by atoms with E-state index >= 15 is 0 Å². The Kier molecular flexibility index (Phi) is 3.82. The molecule has 24 heavy (non-hydrogen) atoms. The largest absolute Gasteiger partial charge is 0.339 e. The molecule has 5 nitrogen and oxygen atoms in total. The van der Waals surface area contributed by atoms with E-state index in [4.69, 9.17) is 4.98 Å². The summed E-state index contributed by atoms with van der Waals surface area (Å²) in [4.78, 5) is 20.0. The maximum Gasteiger partial charge on any atom is 0.254 e. The number of carbonyl (C=O) groups is 1. The molecule has 0 N–H and O–H groups in total. The van der Waals surface area contributed by atoms with Gasteiger partial charge < -0.3 is 4.90 Å². The van der Waals surface area contributed by atoms with E-state index in [0.717, 1.165) is 54.1 Å². The van der Waals surface area contributed by atoms with Crippen LogP contribution >= 0.6 is 0 Å². The second-order valence-electron chi connectivity index (χ2n) is 7.76. The van der Waals surface area contributed by atoms with Gasteiger partial charge in [-0.25, -0.2) is 9.67 Å². The predicted molar refractivity (Wildman–Crippen MR) is 94.2 cm³/mol. The third-order valence-electron chi connectivity index (χ3n) is 5.37. The lowest BCUT2D eigenvalue weighted by Gasteiger charge is -2.30. The highest BCUT2D eigenvalue weighted by Crippen LogP contribution is 2.40. The fourth-order valence-electron chi connectivity index (χ4n) is 3.56. The molecule has 0 bridgehead atoms. The average molecular weight is 326 g/mol. The fraction of sp³-hybridized carbons (Fsp3) is 0.632. The predicted octanol–water partition coefficient (Wildman–Crippen LogP) is 3.76. The second kappa shape index (κ2) is 5.87. The van der Waals surface area contributed by atoms with E-state index in [2.05, 4.69) is 25.9 Å². The number of piperidine rings is 1. The first-order valence-electron chi connectivity index (χ1n) is 9.22. The van der Waals surface area contributed by atoms with E-state index < -0.39 is 0 Å². The number of aromatic nitrogens is 3. The minimum Gasteiger partial charge on any atom is -0.339 e. The summed E-state index contributed by atoms with van der Waals surface area (Å²) < 4.78 is 1.94. The molecule has 4 rings (SSSR count). The Balaban J connectivity index is 1.77. The van der Waals surface area contributed by atoms with Gasteiger partial charge in [0.2, 0.25) is 0 Å². The van der Waals surface area contributed by atoms with E-state index in [-0.39, 0.29) is 11.9 Å². The zero-order valence-corrected chi connectivity index (χ0v) is 14.8. The van der Waals surface area contributed by atoms with Crippen molar-refractivity contribution in [2.24, 2.45) is 5.92 Å². The minimum absolute atomic E-state index is 0.152. The van der Waals surface area contributed by atoms with Crippen molar-refractivity contribution in [3.8, 4) is 0 Å². The molecule has 128 valence electrons. The molecule has 0 atom stereocenters. The summed E-state index contributed by atoms with van der Waals surface area (Å²) in [6, 6.07) is 2.27. The van der Waals surface area contributed by atoms with Crippen LogP contribution in [-0.2, 0) is 0 Å². The van der Waals surface area contributed by atoms with Crippen molar-refractivity contribution in [3.63, 3.8) is 0 Å². The van der Waals surface area contributed by atoms with Crippen LogP contribution in [0.1, 0.15) is 74.5 Å². The van der Waals surface area contributed by atoms with E-state index in [1.165, 1.54) is 12.8 Å². The van der Waals surface area contributed by atoms with Crippen LogP contribution in [-0.4, -0.2) is 38.7 Å². The fourth-order valence-corrected chi connectivity index (χ4v) is 3.56. The molecular formula is C19H26N4O. The number of hydrogen-bond donors (Lipinski definition) is 0. The van der Waals surface area contributed by atoms with Crippen LogP contribution in [0.2, 0.25) is 0 Å². The number of carbonyl (C=O) groups excluding carboxylic acids is 1. The molecule has 2 aliphatic rings. The zero-order chi connectivity index (χ0) is 16.8. The number of rotatable bonds is 3. The molecule has 0 unspecified atom stereocenters. The first-order chi connectivity index (χ1) is 11.5. The molecule has 1 aliphatic carbocycles. The van der Waals surface area contributed by atoms with E-state index in [1.807, 2.05) is 21.8 Å². The first kappa shape index (κ1) is 15.6. The smallest absolute Gasteiger partial charge is 0.254 e. The molecule has 2 fully saturated rings. The quantitative estimate of drug-likeness (QED) is 0.863. The Bertz CT molecular complexity index is 767. The van der Waals surface area contributed by atoms with Gasteiger partial charge >= 0.3 is 0 Å². The van der Waals surface area contributed by atoms with Gasteiger partial charge in [-0.3, -0.25) is 4.79 Å². The molecular weight excluding hydrogens is 300 g/mol. The molecule has 1 saturated heterocycles. The van der Waals surface area contributed by atoms with Gasteiger partial charge in [-0.1, -0.05) is 6.92 Å².